The Balaban J connectivity index is 2.85. The molecule has 0 unspecified atom stereocenters. The number of benzene rings is 1. The molecule has 72 valence electrons. The molecular formula is C11H18N2. The lowest BCUT2D eigenvalue weighted by Gasteiger charge is -2.35. The van der Waals surface area contributed by atoms with Gasteiger partial charge in [0.25, 0.3) is 0 Å². The number of para-hydroxylation sites is 1. The highest BCUT2D eigenvalue weighted by Gasteiger charge is 2.21. The molecule has 0 saturated heterocycles. The SMILES string of the molecule is CCC(C)(C)N(N)c1ccccc1. The zero-order chi connectivity index (χ0) is 9.90. The van der Waals surface area contributed by atoms with Gasteiger partial charge >= 0.3 is 0 Å². The molecule has 1 aromatic rings. The van der Waals surface area contributed by atoms with Gasteiger partial charge in [0.15, 0.2) is 0 Å². The second kappa shape index (κ2) is 3.79. The largest absolute Gasteiger partial charge is 0.306 e. The Labute approximate surface area is 80.3 Å². The Kier molecular flexibility index (Phi) is 2.94. The van der Waals surface area contributed by atoms with Crippen molar-refractivity contribution < 1.29 is 0 Å². The molecule has 0 spiro atoms. The lowest BCUT2D eigenvalue weighted by Crippen LogP contribution is -2.48. The van der Waals surface area contributed by atoms with Crippen LogP contribution in [-0.4, -0.2) is 5.54 Å². The van der Waals surface area contributed by atoms with E-state index in [-0.39, 0.29) is 5.54 Å². The number of anilines is 1. The first-order chi connectivity index (χ1) is 6.08. The second-order valence-electron chi connectivity index (χ2n) is 3.87. The summed E-state index contributed by atoms with van der Waals surface area (Å²) in [5.41, 5.74) is 1.08. The van der Waals surface area contributed by atoms with Crippen molar-refractivity contribution in [2.45, 2.75) is 32.7 Å². The van der Waals surface area contributed by atoms with Gasteiger partial charge in [-0.05, 0) is 32.4 Å². The third-order valence-electron chi connectivity index (χ3n) is 2.55. The van der Waals surface area contributed by atoms with E-state index in [1.807, 2.05) is 35.3 Å². The van der Waals surface area contributed by atoms with Gasteiger partial charge in [-0.3, -0.25) is 0 Å². The van der Waals surface area contributed by atoms with Crippen LogP contribution < -0.4 is 10.9 Å². The van der Waals surface area contributed by atoms with Crippen LogP contribution in [0.3, 0.4) is 0 Å². The molecule has 0 saturated carbocycles. The summed E-state index contributed by atoms with van der Waals surface area (Å²) in [5, 5.41) is 1.83. The first-order valence-electron chi connectivity index (χ1n) is 4.68. The molecule has 2 N–H and O–H groups in total. The minimum Gasteiger partial charge on any atom is -0.306 e. The van der Waals surface area contributed by atoms with Gasteiger partial charge in [0.2, 0.25) is 0 Å². The molecule has 0 bridgehead atoms. The van der Waals surface area contributed by atoms with E-state index in [0.29, 0.717) is 0 Å². The molecule has 2 heteroatoms. The Bertz CT molecular complexity index is 254. The number of nitrogens with zero attached hydrogens (tertiary/aromatic N) is 1. The van der Waals surface area contributed by atoms with E-state index >= 15 is 0 Å². The second-order valence-corrected chi connectivity index (χ2v) is 3.87. The van der Waals surface area contributed by atoms with Crippen LogP contribution in [0.4, 0.5) is 5.69 Å². The van der Waals surface area contributed by atoms with Gasteiger partial charge in [0, 0.05) is 0 Å². The molecule has 0 amide bonds. The highest BCUT2D eigenvalue weighted by atomic mass is 15.4. The average Bonchev–Trinajstić information content (AvgIpc) is 2.18. The fourth-order valence-electron chi connectivity index (χ4n) is 1.11. The van der Waals surface area contributed by atoms with Gasteiger partial charge in [-0.25, -0.2) is 5.84 Å². The normalized spacial score (nSPS) is 11.4. The van der Waals surface area contributed by atoms with Crippen molar-refractivity contribution in [3.8, 4) is 0 Å². The van der Waals surface area contributed by atoms with Crippen molar-refractivity contribution in [3.63, 3.8) is 0 Å². The molecule has 0 fully saturated rings. The summed E-state index contributed by atoms with van der Waals surface area (Å²) in [6.07, 6.45) is 1.03. The molecule has 0 atom stereocenters. The fraction of sp³-hybridized carbons (Fsp3) is 0.455. The van der Waals surface area contributed by atoms with E-state index in [9.17, 15) is 0 Å². The molecule has 0 heterocycles. The Hall–Kier alpha value is -1.02. The number of hydrogen-bond acceptors (Lipinski definition) is 2. The van der Waals surface area contributed by atoms with E-state index < -0.39 is 0 Å². The summed E-state index contributed by atoms with van der Waals surface area (Å²) < 4.78 is 0. The molecule has 0 aliphatic heterocycles. The minimum absolute atomic E-state index is 0.0152. The van der Waals surface area contributed by atoms with Crippen LogP contribution in [0.15, 0.2) is 30.3 Å². The van der Waals surface area contributed by atoms with Crippen molar-refractivity contribution in [2.75, 3.05) is 5.01 Å². The quantitative estimate of drug-likeness (QED) is 0.569. The Morgan fingerprint density at radius 2 is 1.77 bits per heavy atom. The van der Waals surface area contributed by atoms with Crippen molar-refractivity contribution in [3.05, 3.63) is 30.3 Å². The smallest absolute Gasteiger partial charge is 0.0523 e. The van der Waals surface area contributed by atoms with Crippen LogP contribution in [0.1, 0.15) is 27.2 Å². The molecule has 13 heavy (non-hydrogen) atoms. The van der Waals surface area contributed by atoms with E-state index in [1.54, 1.807) is 0 Å². The lowest BCUT2D eigenvalue weighted by atomic mass is 10.0. The number of hydrazine groups is 1. The lowest BCUT2D eigenvalue weighted by molar-refractivity contribution is 0.451. The zero-order valence-electron chi connectivity index (χ0n) is 8.62. The maximum Gasteiger partial charge on any atom is 0.0523 e. The van der Waals surface area contributed by atoms with Crippen LogP contribution in [0.25, 0.3) is 0 Å². The predicted molar refractivity (Wildman–Crippen MR) is 57.5 cm³/mol. The third kappa shape index (κ3) is 2.22. The molecule has 0 aliphatic rings. The summed E-state index contributed by atoms with van der Waals surface area (Å²) in [5.74, 6) is 6.02. The Morgan fingerprint density at radius 1 is 1.23 bits per heavy atom. The molecule has 1 aromatic carbocycles. The Morgan fingerprint density at radius 3 is 2.23 bits per heavy atom. The summed E-state index contributed by atoms with van der Waals surface area (Å²) in [4.78, 5) is 0. The molecular weight excluding hydrogens is 160 g/mol. The first kappa shape index (κ1) is 10.1. The predicted octanol–water partition coefficient (Wildman–Crippen LogP) is 2.56. The van der Waals surface area contributed by atoms with Gasteiger partial charge < -0.3 is 5.01 Å². The van der Waals surface area contributed by atoms with Crippen molar-refractivity contribution in [1.29, 1.82) is 0 Å². The molecule has 0 aromatic heterocycles. The molecule has 0 radical (unpaired) electrons. The average molecular weight is 178 g/mol. The van der Waals surface area contributed by atoms with Crippen molar-refractivity contribution in [2.24, 2.45) is 5.84 Å². The van der Waals surface area contributed by atoms with Crippen LogP contribution in [-0.2, 0) is 0 Å². The van der Waals surface area contributed by atoms with Gasteiger partial charge in [-0.1, -0.05) is 25.1 Å². The van der Waals surface area contributed by atoms with E-state index in [0.717, 1.165) is 12.1 Å². The van der Waals surface area contributed by atoms with E-state index in [1.165, 1.54) is 0 Å². The number of hydrogen-bond donors (Lipinski definition) is 1. The zero-order valence-corrected chi connectivity index (χ0v) is 8.62. The maximum atomic E-state index is 6.02. The number of rotatable bonds is 3. The molecule has 1 rings (SSSR count). The maximum absolute atomic E-state index is 6.02. The standard InChI is InChI=1S/C11H18N2/c1-4-11(2,3)13(12)10-8-6-5-7-9-10/h5-9H,4,12H2,1-3H3. The van der Waals surface area contributed by atoms with Crippen molar-refractivity contribution >= 4 is 5.69 Å². The highest BCUT2D eigenvalue weighted by molar-refractivity contribution is 5.46. The van der Waals surface area contributed by atoms with Gasteiger partial charge in [-0.15, -0.1) is 0 Å². The fourth-order valence-corrected chi connectivity index (χ4v) is 1.11. The van der Waals surface area contributed by atoms with Crippen LogP contribution in [0.5, 0.6) is 0 Å². The summed E-state index contributed by atoms with van der Waals surface area (Å²) in [6, 6.07) is 10.0. The monoisotopic (exact) mass is 178 g/mol. The summed E-state index contributed by atoms with van der Waals surface area (Å²) >= 11 is 0. The van der Waals surface area contributed by atoms with Crippen LogP contribution in [0.2, 0.25) is 0 Å². The van der Waals surface area contributed by atoms with Crippen LogP contribution in [0, 0.1) is 0 Å². The van der Waals surface area contributed by atoms with Gasteiger partial charge in [0.05, 0.1) is 11.2 Å². The number of nitrogens with two attached hydrogens (primary N) is 1. The first-order valence-corrected chi connectivity index (χ1v) is 4.68. The molecule has 0 aliphatic carbocycles. The minimum atomic E-state index is 0.0152. The van der Waals surface area contributed by atoms with Gasteiger partial charge in [-0.2, -0.15) is 0 Å². The van der Waals surface area contributed by atoms with E-state index in [2.05, 4.69) is 20.8 Å². The topological polar surface area (TPSA) is 29.3 Å². The molecule has 2 nitrogen and oxygen atoms in total. The third-order valence-corrected chi connectivity index (χ3v) is 2.55. The van der Waals surface area contributed by atoms with Crippen molar-refractivity contribution in [1.82, 2.24) is 0 Å². The van der Waals surface area contributed by atoms with E-state index in [4.69, 9.17) is 5.84 Å². The highest BCUT2D eigenvalue weighted by Crippen LogP contribution is 2.22. The summed E-state index contributed by atoms with van der Waals surface area (Å²) in [6.45, 7) is 6.42. The van der Waals surface area contributed by atoms with Gasteiger partial charge in [0.1, 0.15) is 0 Å². The summed E-state index contributed by atoms with van der Waals surface area (Å²) in [7, 11) is 0. The van der Waals surface area contributed by atoms with Crippen LogP contribution >= 0.6 is 0 Å².